The highest BCUT2D eigenvalue weighted by atomic mass is 16.4. The molecule has 19 heavy (non-hydrogen) atoms. The van der Waals surface area contributed by atoms with Crippen molar-refractivity contribution in [2.45, 2.75) is 52.2 Å². The van der Waals surface area contributed by atoms with Gasteiger partial charge in [-0.2, -0.15) is 0 Å². The third kappa shape index (κ3) is 6.76. The molecular formula is C12H23N3O4. The average Bonchev–Trinajstić information content (AvgIpc) is 2.27. The number of hydrogen-bond acceptors (Lipinski definition) is 4. The van der Waals surface area contributed by atoms with E-state index in [1.165, 1.54) is 13.8 Å². The van der Waals surface area contributed by atoms with Gasteiger partial charge in [0.2, 0.25) is 11.8 Å². The maximum Gasteiger partial charge on any atom is 0.325 e. The first-order valence-electron chi connectivity index (χ1n) is 6.24. The van der Waals surface area contributed by atoms with Crippen molar-refractivity contribution in [2.75, 3.05) is 0 Å². The molecule has 0 aliphatic rings. The highest BCUT2D eigenvalue weighted by Gasteiger charge is 2.23. The van der Waals surface area contributed by atoms with Crippen LogP contribution in [0.4, 0.5) is 0 Å². The van der Waals surface area contributed by atoms with E-state index in [9.17, 15) is 14.4 Å². The zero-order valence-electron chi connectivity index (χ0n) is 11.8. The third-order valence-electron chi connectivity index (χ3n) is 2.54. The van der Waals surface area contributed by atoms with Gasteiger partial charge in [0.15, 0.2) is 0 Å². The number of aliphatic carboxylic acids is 1. The number of nitrogens with two attached hydrogens (primary N) is 1. The molecule has 5 N–H and O–H groups in total. The van der Waals surface area contributed by atoms with Gasteiger partial charge in [0.1, 0.15) is 12.1 Å². The Labute approximate surface area is 112 Å². The minimum atomic E-state index is -1.14. The number of carboxylic acid groups (broad SMARTS) is 1. The Morgan fingerprint density at radius 3 is 1.89 bits per heavy atom. The molecule has 0 aliphatic carbocycles. The van der Waals surface area contributed by atoms with E-state index >= 15 is 0 Å². The molecule has 7 nitrogen and oxygen atoms in total. The van der Waals surface area contributed by atoms with E-state index < -0.39 is 35.9 Å². The lowest BCUT2D eigenvalue weighted by molar-refractivity contribution is -0.141. The van der Waals surface area contributed by atoms with Gasteiger partial charge in [-0.3, -0.25) is 14.4 Å². The Morgan fingerprint density at radius 1 is 1.00 bits per heavy atom. The Kier molecular flexibility index (Phi) is 7.06. The van der Waals surface area contributed by atoms with Crippen molar-refractivity contribution in [3.05, 3.63) is 0 Å². The minimum Gasteiger partial charge on any atom is -0.480 e. The summed E-state index contributed by atoms with van der Waals surface area (Å²) in [4.78, 5) is 33.9. The molecule has 2 amide bonds. The molecule has 0 aliphatic heterocycles. The van der Waals surface area contributed by atoms with Gasteiger partial charge in [-0.05, 0) is 26.2 Å². The number of rotatable bonds is 7. The Balaban J connectivity index is 4.29. The molecule has 3 atom stereocenters. The van der Waals surface area contributed by atoms with E-state index in [-0.39, 0.29) is 5.92 Å². The normalized spacial score (nSPS) is 15.5. The van der Waals surface area contributed by atoms with Crippen molar-refractivity contribution in [3.63, 3.8) is 0 Å². The second-order valence-electron chi connectivity index (χ2n) is 5.03. The van der Waals surface area contributed by atoms with Crippen LogP contribution in [0, 0.1) is 5.92 Å². The molecule has 7 heteroatoms. The van der Waals surface area contributed by atoms with E-state index in [0.29, 0.717) is 6.42 Å². The quantitative estimate of drug-likeness (QED) is 0.496. The van der Waals surface area contributed by atoms with Gasteiger partial charge in [0.25, 0.3) is 0 Å². The topological polar surface area (TPSA) is 122 Å². The van der Waals surface area contributed by atoms with Crippen molar-refractivity contribution in [1.29, 1.82) is 0 Å². The summed E-state index contributed by atoms with van der Waals surface area (Å²) >= 11 is 0. The summed E-state index contributed by atoms with van der Waals surface area (Å²) < 4.78 is 0. The lowest BCUT2D eigenvalue weighted by Crippen LogP contribution is -2.52. The van der Waals surface area contributed by atoms with Crippen LogP contribution in [0.2, 0.25) is 0 Å². The molecule has 0 aromatic carbocycles. The van der Waals surface area contributed by atoms with Crippen molar-refractivity contribution < 1.29 is 19.5 Å². The van der Waals surface area contributed by atoms with E-state index in [1.54, 1.807) is 0 Å². The van der Waals surface area contributed by atoms with Gasteiger partial charge in [-0.25, -0.2) is 0 Å². The lowest BCUT2D eigenvalue weighted by atomic mass is 10.0. The molecular weight excluding hydrogens is 250 g/mol. The van der Waals surface area contributed by atoms with Crippen LogP contribution in [0.25, 0.3) is 0 Å². The molecule has 110 valence electrons. The first-order chi connectivity index (χ1) is 8.65. The van der Waals surface area contributed by atoms with Crippen LogP contribution in [0.3, 0.4) is 0 Å². The van der Waals surface area contributed by atoms with Crippen LogP contribution in [-0.2, 0) is 14.4 Å². The summed E-state index contributed by atoms with van der Waals surface area (Å²) in [6.45, 7) is 6.71. The number of amides is 2. The van der Waals surface area contributed by atoms with Gasteiger partial charge in [-0.1, -0.05) is 13.8 Å². The van der Waals surface area contributed by atoms with Crippen LogP contribution in [0.5, 0.6) is 0 Å². The van der Waals surface area contributed by atoms with E-state index in [4.69, 9.17) is 10.8 Å². The van der Waals surface area contributed by atoms with E-state index in [2.05, 4.69) is 10.6 Å². The van der Waals surface area contributed by atoms with Gasteiger partial charge >= 0.3 is 5.97 Å². The van der Waals surface area contributed by atoms with Crippen LogP contribution in [0.1, 0.15) is 34.1 Å². The van der Waals surface area contributed by atoms with Crippen LogP contribution in [0.15, 0.2) is 0 Å². The number of carboxylic acids is 1. The van der Waals surface area contributed by atoms with Gasteiger partial charge in [-0.15, -0.1) is 0 Å². The SMILES string of the molecule is CC(C)C[C@@H](N)C(=O)N[C@@H](C)C(=O)N[C@@H](C)C(=O)O. The monoisotopic (exact) mass is 273 g/mol. The summed E-state index contributed by atoms with van der Waals surface area (Å²) in [6, 6.07) is -2.50. The Bertz CT molecular complexity index is 344. The molecule has 0 saturated heterocycles. The zero-order chi connectivity index (χ0) is 15.2. The first-order valence-corrected chi connectivity index (χ1v) is 6.24. The number of carbonyl (C=O) groups excluding carboxylic acids is 2. The second kappa shape index (κ2) is 7.73. The fourth-order valence-corrected chi connectivity index (χ4v) is 1.40. The summed E-state index contributed by atoms with van der Waals surface area (Å²) in [5.41, 5.74) is 5.68. The highest BCUT2D eigenvalue weighted by molar-refractivity contribution is 5.91. The van der Waals surface area contributed by atoms with Crippen molar-refractivity contribution in [3.8, 4) is 0 Å². The minimum absolute atomic E-state index is 0.275. The zero-order valence-corrected chi connectivity index (χ0v) is 11.8. The molecule has 0 radical (unpaired) electrons. The largest absolute Gasteiger partial charge is 0.480 e. The van der Waals surface area contributed by atoms with Crippen molar-refractivity contribution >= 4 is 17.8 Å². The molecule has 0 heterocycles. The van der Waals surface area contributed by atoms with Gasteiger partial charge in [0.05, 0.1) is 6.04 Å². The molecule has 0 aromatic rings. The summed E-state index contributed by atoms with van der Waals surface area (Å²) in [6.07, 6.45) is 0.520. The van der Waals surface area contributed by atoms with Crippen molar-refractivity contribution in [2.24, 2.45) is 11.7 Å². The average molecular weight is 273 g/mol. The standard InChI is InChI=1S/C12H23N3O4/c1-6(2)5-9(13)11(17)14-7(3)10(16)15-8(4)12(18)19/h6-9H,5,13H2,1-4H3,(H,14,17)(H,15,16)(H,18,19)/t7-,8-,9+/m0/s1. The predicted molar refractivity (Wildman–Crippen MR) is 70.3 cm³/mol. The fourth-order valence-electron chi connectivity index (χ4n) is 1.40. The molecule has 0 spiro atoms. The first kappa shape index (κ1) is 17.4. The Hall–Kier alpha value is -1.63. The highest BCUT2D eigenvalue weighted by Crippen LogP contribution is 2.02. The van der Waals surface area contributed by atoms with Crippen molar-refractivity contribution in [1.82, 2.24) is 10.6 Å². The molecule has 0 aromatic heterocycles. The maximum atomic E-state index is 11.7. The van der Waals surface area contributed by atoms with Crippen LogP contribution in [-0.4, -0.2) is 41.0 Å². The van der Waals surface area contributed by atoms with E-state index in [0.717, 1.165) is 0 Å². The molecule has 0 unspecified atom stereocenters. The number of carbonyl (C=O) groups is 3. The maximum absolute atomic E-state index is 11.7. The van der Waals surface area contributed by atoms with Crippen LogP contribution < -0.4 is 16.4 Å². The number of nitrogens with one attached hydrogen (secondary N) is 2. The fraction of sp³-hybridized carbons (Fsp3) is 0.750. The molecule has 0 rings (SSSR count). The number of hydrogen-bond donors (Lipinski definition) is 4. The summed E-state index contributed by atoms with van der Waals surface area (Å²) in [7, 11) is 0. The second-order valence-corrected chi connectivity index (χ2v) is 5.03. The summed E-state index contributed by atoms with van der Waals surface area (Å²) in [5, 5.41) is 13.4. The van der Waals surface area contributed by atoms with Gasteiger partial charge in [0, 0.05) is 0 Å². The predicted octanol–water partition coefficient (Wildman–Crippen LogP) is -0.546. The molecule has 0 saturated carbocycles. The van der Waals surface area contributed by atoms with Crippen LogP contribution >= 0.6 is 0 Å². The summed E-state index contributed by atoms with van der Waals surface area (Å²) in [5.74, 6) is -1.83. The van der Waals surface area contributed by atoms with E-state index in [1.807, 2.05) is 13.8 Å². The molecule has 0 fully saturated rings. The lowest BCUT2D eigenvalue weighted by Gasteiger charge is -2.19. The smallest absolute Gasteiger partial charge is 0.325 e. The molecule has 0 bridgehead atoms. The van der Waals surface area contributed by atoms with Gasteiger partial charge < -0.3 is 21.5 Å². The Morgan fingerprint density at radius 2 is 1.47 bits per heavy atom. The third-order valence-corrected chi connectivity index (χ3v) is 2.54.